The van der Waals surface area contributed by atoms with Gasteiger partial charge in [-0.05, 0) is 46.9 Å². The van der Waals surface area contributed by atoms with Crippen LogP contribution >= 0.6 is 27.7 Å². The molecule has 0 fully saturated rings. The number of nitrogens with zero attached hydrogens (tertiary/aromatic N) is 2. The van der Waals surface area contributed by atoms with Crippen molar-refractivity contribution in [2.24, 2.45) is 7.05 Å². The normalized spacial score (nSPS) is 12.7. The van der Waals surface area contributed by atoms with Crippen LogP contribution in [0.25, 0.3) is 0 Å². The van der Waals surface area contributed by atoms with Crippen LogP contribution < -0.4 is 5.32 Å². The molecule has 0 bridgehead atoms. The van der Waals surface area contributed by atoms with Gasteiger partial charge in [0.25, 0.3) is 0 Å². The van der Waals surface area contributed by atoms with Crippen molar-refractivity contribution in [1.29, 1.82) is 0 Å². The minimum Gasteiger partial charge on any atom is -0.308 e. The minimum absolute atomic E-state index is 0.141. The maximum absolute atomic E-state index is 4.27. The molecule has 1 atom stereocenters. The number of thioether (sulfide) groups is 1. The molecule has 0 aliphatic carbocycles. The molecule has 0 radical (unpaired) electrons. The van der Waals surface area contributed by atoms with E-state index in [9.17, 15) is 0 Å². The molecule has 1 N–H and O–H groups in total. The molecule has 1 aromatic heterocycles. The number of hydrogen-bond acceptors (Lipinski definition) is 3. The van der Waals surface area contributed by atoms with Crippen molar-refractivity contribution < 1.29 is 0 Å². The highest BCUT2D eigenvalue weighted by Gasteiger charge is 2.18. The molecule has 2 rings (SSSR count). The third kappa shape index (κ3) is 2.63. The van der Waals surface area contributed by atoms with E-state index in [4.69, 9.17) is 0 Å². The fraction of sp³-hybridized carbons (Fsp3) is 0.308. The Balaban J connectivity index is 2.39. The number of aryl methyl sites for hydroxylation is 1. The van der Waals surface area contributed by atoms with Gasteiger partial charge in [-0.2, -0.15) is 5.10 Å². The lowest BCUT2D eigenvalue weighted by Crippen LogP contribution is -2.21. The molecule has 0 saturated carbocycles. The topological polar surface area (TPSA) is 29.9 Å². The molecule has 3 nitrogen and oxygen atoms in total. The Labute approximate surface area is 120 Å². The summed E-state index contributed by atoms with van der Waals surface area (Å²) < 4.78 is 2.92. The van der Waals surface area contributed by atoms with Crippen LogP contribution in [0.2, 0.25) is 0 Å². The van der Waals surface area contributed by atoms with Crippen LogP contribution in [0, 0.1) is 0 Å². The van der Waals surface area contributed by atoms with E-state index in [2.05, 4.69) is 56.9 Å². The van der Waals surface area contributed by atoms with Crippen LogP contribution in [0.1, 0.15) is 17.3 Å². The van der Waals surface area contributed by atoms with Gasteiger partial charge in [-0.15, -0.1) is 11.8 Å². The average molecular weight is 326 g/mol. The second-order valence-electron chi connectivity index (χ2n) is 4.00. The molecule has 0 amide bonds. The van der Waals surface area contributed by atoms with E-state index in [0.29, 0.717) is 0 Å². The monoisotopic (exact) mass is 325 g/mol. The van der Waals surface area contributed by atoms with Gasteiger partial charge in [0.2, 0.25) is 0 Å². The van der Waals surface area contributed by atoms with Crippen molar-refractivity contribution in [3.05, 3.63) is 46.2 Å². The van der Waals surface area contributed by atoms with E-state index in [-0.39, 0.29) is 6.04 Å². The Hall–Kier alpha value is -0.780. The van der Waals surface area contributed by atoms with E-state index in [1.165, 1.54) is 10.5 Å². The molecular formula is C13H16BrN3S. The van der Waals surface area contributed by atoms with Crippen molar-refractivity contribution in [2.75, 3.05) is 13.3 Å². The Morgan fingerprint density at radius 1 is 1.33 bits per heavy atom. The van der Waals surface area contributed by atoms with Crippen molar-refractivity contribution in [1.82, 2.24) is 15.1 Å². The molecule has 0 spiro atoms. The Kier molecular flexibility index (Phi) is 4.48. The van der Waals surface area contributed by atoms with Crippen LogP contribution in [-0.4, -0.2) is 23.1 Å². The maximum atomic E-state index is 4.27. The van der Waals surface area contributed by atoms with Crippen molar-refractivity contribution in [3.63, 3.8) is 0 Å². The maximum Gasteiger partial charge on any atom is 0.0757 e. The highest BCUT2D eigenvalue weighted by Crippen LogP contribution is 2.28. The summed E-state index contributed by atoms with van der Waals surface area (Å²) in [6.45, 7) is 0. The standard InChI is InChI=1S/C13H16BrN3S/c1-15-12(13-11(14)8-16-17(13)2)9-4-6-10(18-3)7-5-9/h4-8,12,15H,1-3H3. The molecule has 1 unspecified atom stereocenters. The first-order chi connectivity index (χ1) is 8.67. The minimum atomic E-state index is 0.141. The summed E-state index contributed by atoms with van der Waals surface area (Å²) in [6.07, 6.45) is 3.91. The fourth-order valence-electron chi connectivity index (χ4n) is 2.00. The first kappa shape index (κ1) is 13.6. The number of aromatic nitrogens is 2. The predicted octanol–water partition coefficient (Wildman–Crippen LogP) is 3.21. The first-order valence-corrected chi connectivity index (χ1v) is 7.67. The van der Waals surface area contributed by atoms with Gasteiger partial charge in [0.05, 0.1) is 22.4 Å². The molecule has 0 saturated heterocycles. The second kappa shape index (κ2) is 5.91. The van der Waals surface area contributed by atoms with Crippen LogP contribution in [-0.2, 0) is 7.05 Å². The lowest BCUT2D eigenvalue weighted by molar-refractivity contribution is 0.604. The zero-order valence-electron chi connectivity index (χ0n) is 10.6. The summed E-state index contributed by atoms with van der Waals surface area (Å²) in [5.41, 5.74) is 2.37. The molecule has 2 aromatic rings. The molecule has 0 aliphatic heterocycles. The lowest BCUT2D eigenvalue weighted by atomic mass is 10.0. The van der Waals surface area contributed by atoms with E-state index >= 15 is 0 Å². The number of hydrogen-bond donors (Lipinski definition) is 1. The van der Waals surface area contributed by atoms with E-state index in [1.807, 2.05) is 25.0 Å². The number of benzene rings is 1. The van der Waals surface area contributed by atoms with Gasteiger partial charge >= 0.3 is 0 Å². The molecule has 1 aromatic carbocycles. The molecular weight excluding hydrogens is 310 g/mol. The van der Waals surface area contributed by atoms with Crippen molar-refractivity contribution in [3.8, 4) is 0 Å². The molecule has 96 valence electrons. The quantitative estimate of drug-likeness (QED) is 0.875. The van der Waals surface area contributed by atoms with Crippen molar-refractivity contribution >= 4 is 27.7 Å². The molecule has 0 aliphatic rings. The van der Waals surface area contributed by atoms with Crippen LogP contribution in [0.15, 0.2) is 39.8 Å². The molecule has 18 heavy (non-hydrogen) atoms. The van der Waals surface area contributed by atoms with Crippen LogP contribution in [0.3, 0.4) is 0 Å². The van der Waals surface area contributed by atoms with Crippen LogP contribution in [0.4, 0.5) is 0 Å². The summed E-state index contributed by atoms with van der Waals surface area (Å²) in [7, 11) is 3.92. The van der Waals surface area contributed by atoms with E-state index in [1.54, 1.807) is 11.8 Å². The average Bonchev–Trinajstić information content (AvgIpc) is 2.72. The lowest BCUT2D eigenvalue weighted by Gasteiger charge is -2.18. The summed E-state index contributed by atoms with van der Waals surface area (Å²) in [4.78, 5) is 1.28. The number of rotatable bonds is 4. The third-order valence-corrected chi connectivity index (χ3v) is 4.30. The third-order valence-electron chi connectivity index (χ3n) is 2.95. The van der Waals surface area contributed by atoms with Gasteiger partial charge in [0.1, 0.15) is 0 Å². The smallest absolute Gasteiger partial charge is 0.0757 e. The second-order valence-corrected chi connectivity index (χ2v) is 5.73. The van der Waals surface area contributed by atoms with E-state index < -0.39 is 0 Å². The molecule has 1 heterocycles. The summed E-state index contributed by atoms with van der Waals surface area (Å²) in [6, 6.07) is 8.75. The number of nitrogens with one attached hydrogen (secondary N) is 1. The number of halogens is 1. The van der Waals surface area contributed by atoms with Crippen molar-refractivity contribution in [2.45, 2.75) is 10.9 Å². The van der Waals surface area contributed by atoms with Gasteiger partial charge in [-0.1, -0.05) is 12.1 Å². The van der Waals surface area contributed by atoms with Gasteiger partial charge in [-0.3, -0.25) is 4.68 Å². The SMILES string of the molecule is CNC(c1ccc(SC)cc1)c1c(Br)cnn1C. The Bertz CT molecular complexity index is 502. The fourth-order valence-corrected chi connectivity index (χ4v) is 2.99. The summed E-state index contributed by atoms with van der Waals surface area (Å²) >= 11 is 5.31. The van der Waals surface area contributed by atoms with Crippen LogP contribution in [0.5, 0.6) is 0 Å². The highest BCUT2D eigenvalue weighted by molar-refractivity contribution is 9.10. The molecule has 5 heteroatoms. The van der Waals surface area contributed by atoms with E-state index in [0.717, 1.165) is 10.2 Å². The van der Waals surface area contributed by atoms with Gasteiger partial charge < -0.3 is 5.32 Å². The zero-order chi connectivity index (χ0) is 13.1. The van der Waals surface area contributed by atoms with Gasteiger partial charge in [0, 0.05) is 11.9 Å². The first-order valence-electron chi connectivity index (χ1n) is 5.66. The predicted molar refractivity (Wildman–Crippen MR) is 80.0 cm³/mol. The van der Waals surface area contributed by atoms with Gasteiger partial charge in [0.15, 0.2) is 0 Å². The van der Waals surface area contributed by atoms with Gasteiger partial charge in [-0.25, -0.2) is 0 Å². The summed E-state index contributed by atoms with van der Waals surface area (Å²) in [5.74, 6) is 0. The highest BCUT2D eigenvalue weighted by atomic mass is 79.9. The summed E-state index contributed by atoms with van der Waals surface area (Å²) in [5, 5.41) is 7.61. The Morgan fingerprint density at radius 3 is 2.44 bits per heavy atom. The largest absolute Gasteiger partial charge is 0.308 e. The Morgan fingerprint density at radius 2 is 2.00 bits per heavy atom. The zero-order valence-corrected chi connectivity index (χ0v) is 13.0.